The highest BCUT2D eigenvalue weighted by Crippen LogP contribution is 2.23. The molecule has 6 unspecified atom stereocenters. The van der Waals surface area contributed by atoms with Gasteiger partial charge in [0.2, 0.25) is 0 Å². The summed E-state index contributed by atoms with van der Waals surface area (Å²) in [6.45, 7) is 3.67. The van der Waals surface area contributed by atoms with Crippen LogP contribution < -0.4 is 0 Å². The Morgan fingerprint density at radius 2 is 0.855 bits per heavy atom. The Morgan fingerprint density at radius 3 is 1.26 bits per heavy atom. The predicted octanol–water partition coefficient (Wildman–Crippen LogP) is 13.6. The number of unbranched alkanes of at least 4 members (excludes halogenated alkanes) is 23. The maximum Gasteiger partial charge on any atom is 0.335 e. The molecule has 0 aromatic heterocycles. The van der Waals surface area contributed by atoms with Crippen LogP contribution in [0.1, 0.15) is 226 Å². The number of allylic oxidation sites excluding steroid dienone is 12. The molecule has 1 heterocycles. The molecule has 0 aliphatic carbocycles. The number of esters is 2. The first-order valence-electron chi connectivity index (χ1n) is 27.5. The Bertz CT molecular complexity index is 1420. The molecule has 69 heavy (non-hydrogen) atoms. The number of carbonyl (C=O) groups excluding carboxylic acids is 2. The number of ether oxygens (including phenoxy) is 4. The maximum absolute atomic E-state index is 12.9. The van der Waals surface area contributed by atoms with Gasteiger partial charge < -0.3 is 39.4 Å². The third-order valence-electron chi connectivity index (χ3n) is 12.3. The van der Waals surface area contributed by atoms with Crippen LogP contribution in [0.2, 0.25) is 0 Å². The first kappa shape index (κ1) is 63.7. The van der Waals surface area contributed by atoms with E-state index in [0.29, 0.717) is 12.8 Å². The minimum Gasteiger partial charge on any atom is -0.479 e. The Balaban J connectivity index is 2.30. The highest BCUT2D eigenvalue weighted by Gasteiger charge is 2.47. The van der Waals surface area contributed by atoms with Gasteiger partial charge in [0.1, 0.15) is 24.9 Å². The summed E-state index contributed by atoms with van der Waals surface area (Å²) in [5, 5.41) is 40.0. The quantitative estimate of drug-likeness (QED) is 0.0260. The van der Waals surface area contributed by atoms with Crippen LogP contribution in [-0.2, 0) is 33.3 Å². The van der Waals surface area contributed by atoms with Gasteiger partial charge in [0.25, 0.3) is 0 Å². The fourth-order valence-corrected chi connectivity index (χ4v) is 8.08. The average Bonchev–Trinajstić information content (AvgIpc) is 3.34. The van der Waals surface area contributed by atoms with Crippen LogP contribution in [0.3, 0.4) is 0 Å². The third kappa shape index (κ3) is 38.1. The number of hydrogen-bond donors (Lipinski definition) is 4. The normalized spacial score (nSPS) is 19.3. The molecule has 0 aromatic rings. The second kappa shape index (κ2) is 47.0. The van der Waals surface area contributed by atoms with Crippen LogP contribution in [0.4, 0.5) is 0 Å². The van der Waals surface area contributed by atoms with Crippen LogP contribution in [0, 0.1) is 0 Å². The third-order valence-corrected chi connectivity index (χ3v) is 12.3. The first-order valence-corrected chi connectivity index (χ1v) is 27.5. The maximum atomic E-state index is 12.9. The molecule has 1 aliphatic rings. The SMILES string of the molecule is CC/C=C\C/C=C\C/C=C\C/C=C\C/C=C\C/C=C\CCC(=O)OCC(COC1OC(C(=O)O)C(O)C(O)C1O)OC(=O)CCCCCCCCCCCCCCCCCCCCCCCCCC. The van der Waals surface area contributed by atoms with Gasteiger partial charge in [-0.3, -0.25) is 9.59 Å². The van der Waals surface area contributed by atoms with E-state index in [-0.39, 0.29) is 19.4 Å². The lowest BCUT2D eigenvalue weighted by molar-refractivity contribution is -0.298. The summed E-state index contributed by atoms with van der Waals surface area (Å²) >= 11 is 0. The Hall–Kier alpha value is -3.35. The van der Waals surface area contributed by atoms with Crippen molar-refractivity contribution in [3.63, 3.8) is 0 Å². The van der Waals surface area contributed by atoms with Crippen molar-refractivity contribution in [3.05, 3.63) is 72.9 Å². The second-order valence-electron chi connectivity index (χ2n) is 18.7. The molecular formula is C58H98O11. The molecule has 1 rings (SSSR count). The molecule has 0 radical (unpaired) electrons. The number of aliphatic hydroxyl groups excluding tert-OH is 3. The van der Waals surface area contributed by atoms with Gasteiger partial charge in [0.05, 0.1) is 6.61 Å². The molecule has 0 aromatic carbocycles. The molecule has 11 nitrogen and oxygen atoms in total. The summed E-state index contributed by atoms with van der Waals surface area (Å²) in [4.78, 5) is 37.0. The van der Waals surface area contributed by atoms with Crippen LogP contribution >= 0.6 is 0 Å². The minimum absolute atomic E-state index is 0.109. The molecule has 1 fully saturated rings. The molecule has 1 aliphatic heterocycles. The van der Waals surface area contributed by atoms with Crippen molar-refractivity contribution >= 4 is 17.9 Å². The zero-order valence-electron chi connectivity index (χ0n) is 43.3. The molecule has 0 spiro atoms. The summed E-state index contributed by atoms with van der Waals surface area (Å²) in [5.41, 5.74) is 0. The number of carboxylic acid groups (broad SMARTS) is 1. The number of rotatable bonds is 46. The topological polar surface area (TPSA) is 169 Å². The van der Waals surface area contributed by atoms with E-state index < -0.39 is 61.3 Å². The fourth-order valence-electron chi connectivity index (χ4n) is 8.08. The summed E-state index contributed by atoms with van der Waals surface area (Å²) in [5.74, 6) is -2.55. The van der Waals surface area contributed by atoms with Crippen molar-refractivity contribution < 1.29 is 53.8 Å². The molecule has 0 bridgehead atoms. The molecule has 4 N–H and O–H groups in total. The number of aliphatic hydroxyl groups is 3. The molecule has 396 valence electrons. The second-order valence-corrected chi connectivity index (χ2v) is 18.7. The lowest BCUT2D eigenvalue weighted by Gasteiger charge is -2.38. The van der Waals surface area contributed by atoms with E-state index in [1.54, 1.807) is 0 Å². The van der Waals surface area contributed by atoms with Gasteiger partial charge in [0.15, 0.2) is 18.5 Å². The van der Waals surface area contributed by atoms with Crippen molar-refractivity contribution in [2.24, 2.45) is 0 Å². The van der Waals surface area contributed by atoms with Gasteiger partial charge in [-0.15, -0.1) is 0 Å². The fraction of sp³-hybridized carbons (Fsp3) is 0.741. The molecule has 0 saturated carbocycles. The highest BCUT2D eigenvalue weighted by atomic mass is 16.7. The molecular weight excluding hydrogens is 873 g/mol. The van der Waals surface area contributed by atoms with E-state index in [9.17, 15) is 34.8 Å². The van der Waals surface area contributed by atoms with Crippen molar-refractivity contribution in [1.29, 1.82) is 0 Å². The van der Waals surface area contributed by atoms with E-state index >= 15 is 0 Å². The van der Waals surface area contributed by atoms with E-state index in [1.807, 2.05) is 12.2 Å². The minimum atomic E-state index is -1.87. The summed E-state index contributed by atoms with van der Waals surface area (Å²) in [7, 11) is 0. The first-order chi connectivity index (χ1) is 33.7. The van der Waals surface area contributed by atoms with E-state index in [0.717, 1.165) is 57.8 Å². The number of carboxylic acids is 1. The van der Waals surface area contributed by atoms with Crippen molar-refractivity contribution in [2.75, 3.05) is 13.2 Å². The Morgan fingerprint density at radius 1 is 0.464 bits per heavy atom. The lowest BCUT2D eigenvalue weighted by atomic mass is 9.99. The summed E-state index contributed by atoms with van der Waals surface area (Å²) in [6, 6.07) is 0. The largest absolute Gasteiger partial charge is 0.479 e. The van der Waals surface area contributed by atoms with Gasteiger partial charge in [0, 0.05) is 12.8 Å². The monoisotopic (exact) mass is 971 g/mol. The molecule has 0 amide bonds. The smallest absolute Gasteiger partial charge is 0.335 e. The van der Waals surface area contributed by atoms with E-state index in [2.05, 4.69) is 74.6 Å². The Kier molecular flexibility index (Phi) is 43.4. The average molecular weight is 971 g/mol. The predicted molar refractivity (Wildman–Crippen MR) is 280 cm³/mol. The highest BCUT2D eigenvalue weighted by molar-refractivity contribution is 5.73. The van der Waals surface area contributed by atoms with Crippen molar-refractivity contribution in [2.45, 2.75) is 263 Å². The van der Waals surface area contributed by atoms with Gasteiger partial charge in [-0.1, -0.05) is 234 Å². The molecule has 11 heteroatoms. The molecule has 6 atom stereocenters. The van der Waals surface area contributed by atoms with Crippen LogP contribution in [0.5, 0.6) is 0 Å². The number of aliphatic carboxylic acids is 1. The van der Waals surface area contributed by atoms with Crippen molar-refractivity contribution in [3.8, 4) is 0 Å². The summed E-state index contributed by atoms with van der Waals surface area (Å²) < 4.78 is 21.8. The van der Waals surface area contributed by atoms with Gasteiger partial charge >= 0.3 is 17.9 Å². The van der Waals surface area contributed by atoms with Crippen molar-refractivity contribution in [1.82, 2.24) is 0 Å². The molecule has 1 saturated heterocycles. The number of carbonyl (C=O) groups is 3. The van der Waals surface area contributed by atoms with E-state index in [4.69, 9.17) is 18.9 Å². The lowest BCUT2D eigenvalue weighted by Crippen LogP contribution is -2.60. The van der Waals surface area contributed by atoms with Gasteiger partial charge in [-0.25, -0.2) is 4.79 Å². The standard InChI is InChI=1S/C58H98O11/c1-3-5-7-9-11-13-15-17-19-21-23-24-25-26-27-29-31-33-35-37-39-41-43-45-47-52(60)68-50(49-67-58-55(63)53(61)54(62)56(69-58)57(64)65)48-66-51(59)46-44-42-40-38-36-34-32-30-28-22-20-18-16-14-12-10-8-6-4-2/h6,8,12,14,18,20,28,30,34,36,40,42,50,53-56,58,61-63H,3-5,7,9-11,13,15-17,19,21-27,29,31-33,35,37-39,41,43-49H2,1-2H3,(H,64,65)/b8-6-,14-12-,20-18-,30-28-,36-34-,42-40-. The van der Waals surface area contributed by atoms with Crippen LogP contribution in [0.25, 0.3) is 0 Å². The Labute approximate surface area is 419 Å². The van der Waals surface area contributed by atoms with E-state index in [1.165, 1.54) is 128 Å². The zero-order valence-corrected chi connectivity index (χ0v) is 43.3. The van der Waals surface area contributed by atoms with Gasteiger partial charge in [-0.05, 0) is 51.4 Å². The van der Waals surface area contributed by atoms with Crippen LogP contribution in [-0.4, -0.2) is 88.4 Å². The zero-order chi connectivity index (χ0) is 50.3. The number of hydrogen-bond acceptors (Lipinski definition) is 10. The van der Waals surface area contributed by atoms with Crippen LogP contribution in [0.15, 0.2) is 72.9 Å². The van der Waals surface area contributed by atoms with Gasteiger partial charge in [-0.2, -0.15) is 0 Å². The summed E-state index contributed by atoms with van der Waals surface area (Å²) in [6.07, 6.45) is 52.6.